The normalized spacial score (nSPS) is 15.2. The van der Waals surface area contributed by atoms with Crippen LogP contribution >= 0.6 is 0 Å². The van der Waals surface area contributed by atoms with E-state index in [1.165, 1.54) is 7.05 Å². The summed E-state index contributed by atoms with van der Waals surface area (Å²) in [5, 5.41) is 2.57. The Morgan fingerprint density at radius 1 is 1.40 bits per heavy atom. The third kappa shape index (κ3) is 3.50. The molecule has 8 heteroatoms. The first kappa shape index (κ1) is 14.8. The van der Waals surface area contributed by atoms with E-state index in [9.17, 15) is 13.2 Å². The highest BCUT2D eigenvalue weighted by molar-refractivity contribution is 5.47. The molecule has 2 rings (SSSR count). The number of methoxy groups -OCH3 is 1. The molecule has 1 aliphatic rings. The van der Waals surface area contributed by atoms with Crippen molar-refractivity contribution in [2.24, 2.45) is 0 Å². The Morgan fingerprint density at radius 2 is 2.10 bits per heavy atom. The second kappa shape index (κ2) is 5.82. The molecular weight excluding hydrogens is 273 g/mol. The summed E-state index contributed by atoms with van der Waals surface area (Å²) in [5.74, 6) is 0.258. The molecule has 0 radical (unpaired) electrons. The molecule has 5 nitrogen and oxygen atoms in total. The van der Waals surface area contributed by atoms with Crippen molar-refractivity contribution in [1.29, 1.82) is 0 Å². The zero-order chi connectivity index (χ0) is 14.8. The molecule has 0 saturated heterocycles. The first-order valence-corrected chi connectivity index (χ1v) is 6.35. The van der Waals surface area contributed by atoms with E-state index in [4.69, 9.17) is 4.74 Å². The van der Waals surface area contributed by atoms with Crippen molar-refractivity contribution in [3.63, 3.8) is 0 Å². The fraction of sp³-hybridized carbons (Fsp3) is 0.667. The van der Waals surface area contributed by atoms with Crippen LogP contribution in [-0.2, 0) is 10.9 Å². The van der Waals surface area contributed by atoms with E-state index in [0.29, 0.717) is 13.2 Å². The lowest BCUT2D eigenvalue weighted by atomic mass is 10.3. The van der Waals surface area contributed by atoms with Gasteiger partial charge in [-0.05, 0) is 12.8 Å². The minimum absolute atomic E-state index is 0.0297. The van der Waals surface area contributed by atoms with Crippen molar-refractivity contribution in [2.45, 2.75) is 25.1 Å². The highest BCUT2D eigenvalue weighted by Crippen LogP contribution is 2.34. The van der Waals surface area contributed by atoms with Crippen LogP contribution in [0.3, 0.4) is 0 Å². The maximum absolute atomic E-state index is 12.9. The highest BCUT2D eigenvalue weighted by Gasteiger charge is 2.36. The van der Waals surface area contributed by atoms with Crippen LogP contribution in [0.2, 0.25) is 0 Å². The minimum atomic E-state index is -4.49. The summed E-state index contributed by atoms with van der Waals surface area (Å²) in [5.41, 5.74) is -0.935. The maximum atomic E-state index is 12.9. The largest absolute Gasteiger partial charge is 0.433 e. The van der Waals surface area contributed by atoms with Crippen molar-refractivity contribution >= 4 is 11.8 Å². The van der Waals surface area contributed by atoms with Gasteiger partial charge in [0, 0.05) is 32.8 Å². The molecule has 0 spiro atoms. The standard InChI is InChI=1S/C12H17F3N4O/c1-16-11-17-9(12(13,14)15)7-10(18-11)19(5-6-20-2)8-3-4-8/h7-8H,3-6H2,1-2H3,(H,16,17,18). The summed E-state index contributed by atoms with van der Waals surface area (Å²) < 4.78 is 43.6. The van der Waals surface area contributed by atoms with Gasteiger partial charge in [0.05, 0.1) is 6.61 Å². The van der Waals surface area contributed by atoms with E-state index in [-0.39, 0.29) is 17.8 Å². The van der Waals surface area contributed by atoms with E-state index in [1.807, 2.05) is 4.90 Å². The average molecular weight is 290 g/mol. The van der Waals surface area contributed by atoms with Gasteiger partial charge in [-0.3, -0.25) is 0 Å². The van der Waals surface area contributed by atoms with Gasteiger partial charge in [0.25, 0.3) is 0 Å². The van der Waals surface area contributed by atoms with Gasteiger partial charge in [-0.15, -0.1) is 0 Å². The van der Waals surface area contributed by atoms with Gasteiger partial charge < -0.3 is 15.0 Å². The number of nitrogens with one attached hydrogen (secondary N) is 1. The van der Waals surface area contributed by atoms with Gasteiger partial charge in [-0.1, -0.05) is 0 Å². The Labute approximate surface area is 115 Å². The van der Waals surface area contributed by atoms with E-state index in [2.05, 4.69) is 15.3 Å². The first-order valence-electron chi connectivity index (χ1n) is 6.35. The Hall–Kier alpha value is -1.57. The van der Waals surface area contributed by atoms with Crippen LogP contribution in [0, 0.1) is 0 Å². The number of ether oxygens (including phenoxy) is 1. The van der Waals surface area contributed by atoms with Gasteiger partial charge >= 0.3 is 6.18 Å². The monoisotopic (exact) mass is 290 g/mol. The topological polar surface area (TPSA) is 50.3 Å². The molecule has 0 atom stereocenters. The molecule has 1 N–H and O–H groups in total. The highest BCUT2D eigenvalue weighted by atomic mass is 19.4. The summed E-state index contributed by atoms with van der Waals surface area (Å²) >= 11 is 0. The lowest BCUT2D eigenvalue weighted by Crippen LogP contribution is -2.31. The minimum Gasteiger partial charge on any atom is -0.383 e. The van der Waals surface area contributed by atoms with Crippen LogP contribution in [0.15, 0.2) is 6.07 Å². The van der Waals surface area contributed by atoms with Crippen molar-refractivity contribution in [1.82, 2.24) is 9.97 Å². The number of anilines is 2. The number of rotatable bonds is 6. The number of halogens is 3. The van der Waals surface area contributed by atoms with Crippen LogP contribution in [-0.4, -0.2) is 43.3 Å². The van der Waals surface area contributed by atoms with Crippen LogP contribution < -0.4 is 10.2 Å². The summed E-state index contributed by atoms with van der Waals surface area (Å²) in [6.45, 7) is 0.954. The molecule has 0 bridgehead atoms. The lowest BCUT2D eigenvalue weighted by Gasteiger charge is -2.24. The van der Waals surface area contributed by atoms with Crippen molar-refractivity contribution in [2.75, 3.05) is 37.5 Å². The van der Waals surface area contributed by atoms with E-state index in [0.717, 1.165) is 18.9 Å². The molecule has 0 amide bonds. The fourth-order valence-electron chi connectivity index (χ4n) is 1.90. The van der Waals surface area contributed by atoms with E-state index >= 15 is 0 Å². The SMILES string of the molecule is CNc1nc(N(CCOC)C2CC2)cc(C(F)(F)F)n1. The van der Waals surface area contributed by atoms with Crippen molar-refractivity contribution in [3.05, 3.63) is 11.8 Å². The summed E-state index contributed by atoms with van der Waals surface area (Å²) in [4.78, 5) is 9.44. The lowest BCUT2D eigenvalue weighted by molar-refractivity contribution is -0.141. The Balaban J connectivity index is 2.32. The molecule has 20 heavy (non-hydrogen) atoms. The maximum Gasteiger partial charge on any atom is 0.433 e. The number of nitrogens with zero attached hydrogens (tertiary/aromatic N) is 3. The molecule has 1 aliphatic carbocycles. The third-order valence-corrected chi connectivity index (χ3v) is 3.04. The molecule has 1 aromatic rings. The van der Waals surface area contributed by atoms with Crippen LogP contribution in [0.4, 0.5) is 24.9 Å². The van der Waals surface area contributed by atoms with Gasteiger partial charge in [-0.25, -0.2) is 4.98 Å². The van der Waals surface area contributed by atoms with Crippen molar-refractivity contribution in [3.8, 4) is 0 Å². The summed E-state index contributed by atoms with van der Waals surface area (Å²) in [6.07, 6.45) is -2.56. The van der Waals surface area contributed by atoms with Gasteiger partial charge in [-0.2, -0.15) is 18.2 Å². The molecular formula is C12H17F3N4O. The van der Waals surface area contributed by atoms with E-state index in [1.54, 1.807) is 7.11 Å². The zero-order valence-electron chi connectivity index (χ0n) is 11.4. The Bertz CT molecular complexity index is 463. The molecule has 1 saturated carbocycles. The second-order valence-corrected chi connectivity index (χ2v) is 4.60. The quantitative estimate of drug-likeness (QED) is 0.870. The Kier molecular flexibility index (Phi) is 4.32. The van der Waals surface area contributed by atoms with Crippen LogP contribution in [0.1, 0.15) is 18.5 Å². The molecule has 1 aromatic heterocycles. The van der Waals surface area contributed by atoms with Crippen molar-refractivity contribution < 1.29 is 17.9 Å². The molecule has 0 aliphatic heterocycles. The first-order chi connectivity index (χ1) is 9.45. The van der Waals surface area contributed by atoms with Crippen LogP contribution in [0.5, 0.6) is 0 Å². The third-order valence-electron chi connectivity index (χ3n) is 3.04. The summed E-state index contributed by atoms with van der Waals surface area (Å²) in [7, 11) is 3.06. The van der Waals surface area contributed by atoms with E-state index < -0.39 is 11.9 Å². The second-order valence-electron chi connectivity index (χ2n) is 4.60. The smallest absolute Gasteiger partial charge is 0.383 e. The molecule has 0 aromatic carbocycles. The zero-order valence-corrected chi connectivity index (χ0v) is 11.4. The number of hydrogen-bond acceptors (Lipinski definition) is 5. The summed E-state index contributed by atoms with van der Waals surface area (Å²) in [6, 6.07) is 1.24. The van der Waals surface area contributed by atoms with Gasteiger partial charge in [0.15, 0.2) is 5.69 Å². The number of alkyl halides is 3. The average Bonchev–Trinajstić information content (AvgIpc) is 3.22. The molecule has 112 valence electrons. The molecule has 1 fully saturated rings. The molecule has 1 heterocycles. The fourth-order valence-corrected chi connectivity index (χ4v) is 1.90. The van der Waals surface area contributed by atoms with Gasteiger partial charge in [0.1, 0.15) is 5.82 Å². The van der Waals surface area contributed by atoms with Crippen LogP contribution in [0.25, 0.3) is 0 Å². The number of aromatic nitrogens is 2. The Morgan fingerprint density at radius 3 is 2.60 bits per heavy atom. The number of hydrogen-bond donors (Lipinski definition) is 1. The molecule has 0 unspecified atom stereocenters. The predicted molar refractivity (Wildman–Crippen MR) is 68.8 cm³/mol. The van der Waals surface area contributed by atoms with Gasteiger partial charge in [0.2, 0.25) is 5.95 Å². The predicted octanol–water partition coefficient (Wildman–Crippen LogP) is 2.15.